The first-order valence-electron chi connectivity index (χ1n) is 4.30. The average molecular weight is 407 g/mol. The maximum Gasteiger partial charge on any atom is 0.357 e. The third-order valence-corrected chi connectivity index (χ3v) is 5.04. The van der Waals surface area contributed by atoms with Crippen molar-refractivity contribution in [2.24, 2.45) is 0 Å². The second-order valence-electron chi connectivity index (χ2n) is 2.83. The fourth-order valence-electron chi connectivity index (χ4n) is 1.12. The highest BCUT2D eigenvalue weighted by atomic mass is 127. The van der Waals surface area contributed by atoms with Gasteiger partial charge in [0.05, 0.1) is 0 Å². The second kappa shape index (κ2) is 5.11. The molecule has 0 nitrogen and oxygen atoms in total. The van der Waals surface area contributed by atoms with Gasteiger partial charge in [-0.05, 0) is 46.9 Å². The molecule has 0 amide bonds. The molecule has 2 aromatic carbocycles. The molecule has 0 aliphatic rings. The summed E-state index contributed by atoms with van der Waals surface area (Å²) >= 11 is 2.37. The Labute approximate surface area is 108 Å². The molecule has 0 unspecified atom stereocenters. The molecule has 2 rings (SSSR count). The van der Waals surface area contributed by atoms with Crippen molar-refractivity contribution in [2.75, 3.05) is 0 Å². The van der Waals surface area contributed by atoms with Gasteiger partial charge in [0.1, 0.15) is 0 Å². The Bertz CT molecular complexity index is 410. The van der Waals surface area contributed by atoms with E-state index < -0.39 is 0 Å². The summed E-state index contributed by atoms with van der Waals surface area (Å²) in [6.07, 6.45) is 0. The van der Waals surface area contributed by atoms with Crippen molar-refractivity contribution < 1.29 is 21.2 Å². The van der Waals surface area contributed by atoms with Crippen LogP contribution in [-0.4, -0.2) is 0 Å². The highest BCUT2D eigenvalue weighted by molar-refractivity contribution is 14.1. The van der Waals surface area contributed by atoms with Crippen molar-refractivity contribution in [3.8, 4) is 0 Å². The summed E-state index contributed by atoms with van der Waals surface area (Å²) in [6, 6.07) is 19.5. The Balaban J connectivity index is 2.19. The quantitative estimate of drug-likeness (QED) is 0.634. The van der Waals surface area contributed by atoms with E-state index in [0.717, 1.165) is 0 Å². The van der Waals surface area contributed by atoms with Gasteiger partial charge < -0.3 is 0 Å². The minimum Gasteiger partial charge on any atom is -0.0619 e. The SMILES string of the molecule is Ic1cccc([I+]c2ccccc2)c1. The van der Waals surface area contributed by atoms with Crippen molar-refractivity contribution in [3.05, 3.63) is 65.3 Å². The maximum atomic E-state index is 2.37. The van der Waals surface area contributed by atoms with Crippen LogP contribution in [-0.2, 0) is 0 Å². The molecule has 0 heterocycles. The lowest BCUT2D eigenvalue weighted by Gasteiger charge is -1.88. The van der Waals surface area contributed by atoms with Crippen LogP contribution in [0.4, 0.5) is 0 Å². The van der Waals surface area contributed by atoms with Crippen LogP contribution >= 0.6 is 22.6 Å². The van der Waals surface area contributed by atoms with Gasteiger partial charge in [0.25, 0.3) is 0 Å². The lowest BCUT2D eigenvalue weighted by atomic mass is 10.4. The minimum atomic E-state index is 0.00712. The van der Waals surface area contributed by atoms with E-state index in [2.05, 4.69) is 77.2 Å². The van der Waals surface area contributed by atoms with Crippen molar-refractivity contribution >= 4 is 22.6 Å². The fraction of sp³-hybridized carbons (Fsp3) is 0. The van der Waals surface area contributed by atoms with Crippen LogP contribution in [0.5, 0.6) is 0 Å². The zero-order valence-corrected chi connectivity index (χ0v) is 11.8. The van der Waals surface area contributed by atoms with E-state index in [1.165, 1.54) is 10.7 Å². The molecular weight excluding hydrogens is 398 g/mol. The second-order valence-corrected chi connectivity index (χ2v) is 7.11. The Kier molecular flexibility index (Phi) is 3.81. The van der Waals surface area contributed by atoms with Gasteiger partial charge in [0, 0.05) is 9.64 Å². The zero-order chi connectivity index (χ0) is 9.80. The van der Waals surface area contributed by atoms with E-state index in [1.807, 2.05) is 0 Å². The molecule has 0 fully saturated rings. The number of hydrogen-bond donors (Lipinski definition) is 0. The average Bonchev–Trinajstić information content (AvgIpc) is 2.19. The number of hydrogen-bond acceptors (Lipinski definition) is 0. The van der Waals surface area contributed by atoms with E-state index >= 15 is 0 Å². The van der Waals surface area contributed by atoms with Crippen molar-refractivity contribution in [1.82, 2.24) is 0 Å². The van der Waals surface area contributed by atoms with E-state index in [0.29, 0.717) is 0 Å². The van der Waals surface area contributed by atoms with Crippen molar-refractivity contribution in [2.45, 2.75) is 0 Å². The lowest BCUT2D eigenvalue weighted by Crippen LogP contribution is -3.61. The van der Waals surface area contributed by atoms with Crippen LogP contribution in [0.15, 0.2) is 54.6 Å². The third-order valence-electron chi connectivity index (χ3n) is 1.74. The smallest absolute Gasteiger partial charge is 0.0619 e. The zero-order valence-electron chi connectivity index (χ0n) is 7.45. The summed E-state index contributed by atoms with van der Waals surface area (Å²) in [6.45, 7) is 0. The third kappa shape index (κ3) is 2.95. The van der Waals surface area contributed by atoms with Crippen molar-refractivity contribution in [1.29, 1.82) is 0 Å². The van der Waals surface area contributed by atoms with Gasteiger partial charge in [-0.1, -0.05) is 24.3 Å². The van der Waals surface area contributed by atoms with Gasteiger partial charge in [-0.15, -0.1) is 0 Å². The molecule has 0 bridgehead atoms. The highest BCUT2D eigenvalue weighted by Crippen LogP contribution is 2.00. The molecule has 0 saturated heterocycles. The topological polar surface area (TPSA) is 0 Å². The van der Waals surface area contributed by atoms with E-state index in [1.54, 1.807) is 0 Å². The van der Waals surface area contributed by atoms with E-state index in [9.17, 15) is 0 Å². The summed E-state index contributed by atoms with van der Waals surface area (Å²) in [5, 5.41) is 0. The molecule has 2 heteroatoms. The highest BCUT2D eigenvalue weighted by Gasteiger charge is 2.14. The first-order chi connectivity index (χ1) is 6.84. The van der Waals surface area contributed by atoms with Crippen molar-refractivity contribution in [3.63, 3.8) is 0 Å². The van der Waals surface area contributed by atoms with Crippen LogP contribution in [0.2, 0.25) is 0 Å². The van der Waals surface area contributed by atoms with Crippen LogP contribution in [0.3, 0.4) is 0 Å². The van der Waals surface area contributed by atoms with E-state index in [-0.39, 0.29) is 21.2 Å². The molecule has 70 valence electrons. The molecule has 14 heavy (non-hydrogen) atoms. The fourth-order valence-corrected chi connectivity index (χ4v) is 4.63. The molecule has 0 N–H and O–H groups in total. The minimum absolute atomic E-state index is 0.00712. The predicted molar refractivity (Wildman–Crippen MR) is 63.0 cm³/mol. The molecule has 0 spiro atoms. The molecule has 0 aliphatic heterocycles. The molecule has 0 aromatic heterocycles. The van der Waals surface area contributed by atoms with Crippen LogP contribution in [0.1, 0.15) is 0 Å². The monoisotopic (exact) mass is 407 g/mol. The lowest BCUT2D eigenvalue weighted by molar-refractivity contribution is -0.597. The number of benzene rings is 2. The number of rotatable bonds is 2. The van der Waals surface area contributed by atoms with Gasteiger partial charge in [0.15, 0.2) is 7.14 Å². The molecule has 0 radical (unpaired) electrons. The van der Waals surface area contributed by atoms with Crippen LogP contribution in [0, 0.1) is 10.7 Å². The summed E-state index contributed by atoms with van der Waals surface area (Å²) in [5.74, 6) is 0. The first-order valence-corrected chi connectivity index (χ1v) is 7.54. The van der Waals surface area contributed by atoms with E-state index in [4.69, 9.17) is 0 Å². The Hall–Kier alpha value is -0.100. The molecule has 0 saturated carbocycles. The molecule has 0 atom stereocenters. The van der Waals surface area contributed by atoms with Gasteiger partial charge in [-0.2, -0.15) is 0 Å². The summed E-state index contributed by atoms with van der Waals surface area (Å²) < 4.78 is 4.30. The van der Waals surface area contributed by atoms with Crippen LogP contribution in [0.25, 0.3) is 0 Å². The largest absolute Gasteiger partial charge is 0.357 e. The molecular formula is C12H9I2+. The molecule has 2 aromatic rings. The van der Waals surface area contributed by atoms with Crippen LogP contribution < -0.4 is 21.2 Å². The maximum absolute atomic E-state index is 2.37. The Morgan fingerprint density at radius 3 is 2.21 bits per heavy atom. The number of halogens is 2. The first kappa shape index (κ1) is 10.4. The predicted octanol–water partition coefficient (Wildman–Crippen LogP) is 0.420. The summed E-state index contributed by atoms with van der Waals surface area (Å²) in [4.78, 5) is 0. The molecule has 0 aliphatic carbocycles. The van der Waals surface area contributed by atoms with Gasteiger partial charge in [-0.25, -0.2) is 0 Å². The Morgan fingerprint density at radius 1 is 0.786 bits per heavy atom. The standard InChI is InChI=1S/C12H9I2/c13-10-5-4-8-12(9-10)14-11-6-2-1-3-7-11/h1-9H/q+1. The Morgan fingerprint density at radius 2 is 1.50 bits per heavy atom. The van der Waals surface area contributed by atoms with Gasteiger partial charge >= 0.3 is 21.2 Å². The van der Waals surface area contributed by atoms with Gasteiger partial charge in [0.2, 0.25) is 0 Å². The summed E-state index contributed by atoms with van der Waals surface area (Å²) in [7, 11) is 0. The van der Waals surface area contributed by atoms with Gasteiger partial charge in [-0.3, -0.25) is 0 Å². The summed E-state index contributed by atoms with van der Waals surface area (Å²) in [5.41, 5.74) is 0. The normalized spacial score (nSPS) is 10.1.